The van der Waals surface area contributed by atoms with Crippen LogP contribution in [0.1, 0.15) is 22.0 Å². The van der Waals surface area contributed by atoms with Gasteiger partial charge in [-0.2, -0.15) is 0 Å². The molecule has 2 fully saturated rings. The van der Waals surface area contributed by atoms with Crippen molar-refractivity contribution in [3.63, 3.8) is 0 Å². The molecule has 2 heterocycles. The number of likely N-dealkylation sites (tertiary alicyclic amines) is 1. The molecule has 2 aliphatic heterocycles. The Morgan fingerprint density at radius 1 is 1.11 bits per heavy atom. The maximum atomic E-state index is 13.8. The molecule has 0 aliphatic carbocycles. The second-order valence-corrected chi connectivity index (χ2v) is 7.48. The van der Waals surface area contributed by atoms with Crippen molar-refractivity contribution in [3.05, 3.63) is 65.5 Å². The highest BCUT2D eigenvalue weighted by Crippen LogP contribution is 2.43. The molecule has 4 nitrogen and oxygen atoms in total. The van der Waals surface area contributed by atoms with Crippen LogP contribution < -0.4 is 10.2 Å². The number of fused-ring (bicyclic) bond motifs is 1. The lowest BCUT2D eigenvalue weighted by Gasteiger charge is -2.29. The highest BCUT2D eigenvalue weighted by atomic mass is 35.5. The Kier molecular flexibility index (Phi) is 7.32. The van der Waals surface area contributed by atoms with Crippen LogP contribution in [0.3, 0.4) is 0 Å². The molecule has 152 valence electrons. The van der Waals surface area contributed by atoms with Crippen molar-refractivity contribution in [2.24, 2.45) is 11.8 Å². The first-order valence-electron chi connectivity index (χ1n) is 9.09. The van der Waals surface area contributed by atoms with Gasteiger partial charge in [0.1, 0.15) is 5.82 Å². The fourth-order valence-electron chi connectivity index (χ4n) is 4.33. The molecule has 0 saturated carbocycles. The van der Waals surface area contributed by atoms with Crippen molar-refractivity contribution in [2.45, 2.75) is 6.04 Å². The van der Waals surface area contributed by atoms with E-state index in [1.807, 2.05) is 54.2 Å². The third-order valence-corrected chi connectivity index (χ3v) is 5.63. The quantitative estimate of drug-likeness (QED) is 0.812. The first-order chi connectivity index (χ1) is 12.5. The molecule has 2 aliphatic rings. The predicted octanol–water partition coefficient (Wildman–Crippen LogP) is 3.77. The van der Waals surface area contributed by atoms with E-state index in [0.29, 0.717) is 23.9 Å². The minimum absolute atomic E-state index is 0. The van der Waals surface area contributed by atoms with E-state index >= 15 is 0 Å². The van der Waals surface area contributed by atoms with E-state index < -0.39 is 0 Å². The Hall–Kier alpha value is -1.82. The van der Waals surface area contributed by atoms with E-state index in [1.54, 1.807) is 12.1 Å². The molecule has 1 N–H and O–H groups in total. The van der Waals surface area contributed by atoms with Gasteiger partial charge in [0.05, 0.1) is 6.04 Å². The van der Waals surface area contributed by atoms with Crippen molar-refractivity contribution in [1.29, 1.82) is 0 Å². The van der Waals surface area contributed by atoms with Crippen LogP contribution in [0.5, 0.6) is 0 Å². The van der Waals surface area contributed by atoms with E-state index in [1.165, 1.54) is 6.07 Å². The van der Waals surface area contributed by atoms with Crippen molar-refractivity contribution < 1.29 is 9.18 Å². The number of halogens is 3. The summed E-state index contributed by atoms with van der Waals surface area (Å²) in [4.78, 5) is 17.2. The topological polar surface area (TPSA) is 35.6 Å². The van der Waals surface area contributed by atoms with Crippen LogP contribution in [0.2, 0.25) is 0 Å². The molecule has 0 unspecified atom stereocenters. The summed E-state index contributed by atoms with van der Waals surface area (Å²) >= 11 is 0. The Bertz CT molecular complexity index is 833. The molecule has 2 aromatic rings. The minimum atomic E-state index is -0.251. The van der Waals surface area contributed by atoms with E-state index in [0.717, 1.165) is 24.3 Å². The molecule has 0 spiro atoms. The number of hydrogen-bond donors (Lipinski definition) is 1. The van der Waals surface area contributed by atoms with E-state index in [2.05, 4.69) is 5.32 Å². The SMILES string of the molecule is CN(C)c1cccc(C(=O)N2C[C@@H]3CNC[C@@H]3[C@H]2c2cccc(F)c2)c1.Cl.Cl. The van der Waals surface area contributed by atoms with Gasteiger partial charge >= 0.3 is 0 Å². The fourth-order valence-corrected chi connectivity index (χ4v) is 4.33. The Morgan fingerprint density at radius 2 is 1.86 bits per heavy atom. The van der Waals surface area contributed by atoms with Crippen LogP contribution in [0.25, 0.3) is 0 Å². The van der Waals surface area contributed by atoms with Crippen molar-refractivity contribution in [2.75, 3.05) is 38.6 Å². The number of carbonyl (C=O) groups is 1. The number of benzene rings is 2. The zero-order chi connectivity index (χ0) is 18.3. The highest BCUT2D eigenvalue weighted by molar-refractivity contribution is 5.95. The number of nitrogens with one attached hydrogen (secondary N) is 1. The molecular formula is C21H26Cl2FN3O. The summed E-state index contributed by atoms with van der Waals surface area (Å²) in [5, 5.41) is 3.42. The lowest BCUT2D eigenvalue weighted by atomic mass is 9.89. The summed E-state index contributed by atoms with van der Waals surface area (Å²) in [6, 6.07) is 14.3. The summed E-state index contributed by atoms with van der Waals surface area (Å²) in [5.41, 5.74) is 2.57. The predicted molar refractivity (Wildman–Crippen MR) is 115 cm³/mol. The molecule has 4 rings (SSSR count). The Morgan fingerprint density at radius 3 is 2.57 bits per heavy atom. The number of rotatable bonds is 3. The molecule has 0 aromatic heterocycles. The maximum Gasteiger partial charge on any atom is 0.254 e. The van der Waals surface area contributed by atoms with Gasteiger partial charge in [0.25, 0.3) is 5.91 Å². The van der Waals surface area contributed by atoms with Crippen molar-refractivity contribution >= 4 is 36.4 Å². The number of carbonyl (C=O) groups excluding carboxylic acids is 1. The standard InChI is InChI=1S/C21H24FN3O.2ClH/c1-24(2)18-8-4-6-15(10-18)21(26)25-13-16-11-23-12-19(16)20(25)14-5-3-7-17(22)9-14;;/h3-10,16,19-20,23H,11-13H2,1-2H3;2*1H/t16-,19-,20+;;/m0../s1. The van der Waals surface area contributed by atoms with E-state index in [-0.39, 0.29) is 42.6 Å². The second-order valence-electron chi connectivity index (χ2n) is 7.48. The monoisotopic (exact) mass is 425 g/mol. The average Bonchev–Trinajstić information content (AvgIpc) is 3.22. The van der Waals surface area contributed by atoms with E-state index in [9.17, 15) is 9.18 Å². The van der Waals surface area contributed by atoms with Crippen LogP contribution in [-0.2, 0) is 0 Å². The van der Waals surface area contributed by atoms with Gasteiger partial charge in [-0.15, -0.1) is 24.8 Å². The third-order valence-electron chi connectivity index (χ3n) is 5.63. The molecule has 7 heteroatoms. The van der Waals surface area contributed by atoms with Gasteiger partial charge in [-0.05, 0) is 41.8 Å². The molecule has 1 amide bonds. The number of anilines is 1. The van der Waals surface area contributed by atoms with Gasteiger partial charge in [0.2, 0.25) is 0 Å². The Labute approximate surface area is 177 Å². The number of amides is 1. The largest absolute Gasteiger partial charge is 0.378 e. The van der Waals surface area contributed by atoms with E-state index in [4.69, 9.17) is 0 Å². The lowest BCUT2D eigenvalue weighted by molar-refractivity contribution is 0.0714. The lowest BCUT2D eigenvalue weighted by Crippen LogP contribution is -2.34. The van der Waals surface area contributed by atoms with Gasteiger partial charge in [0, 0.05) is 50.9 Å². The van der Waals surface area contributed by atoms with Crippen LogP contribution in [0.4, 0.5) is 10.1 Å². The van der Waals surface area contributed by atoms with Gasteiger partial charge in [0.15, 0.2) is 0 Å². The van der Waals surface area contributed by atoms with Crippen LogP contribution in [0, 0.1) is 17.7 Å². The molecule has 2 saturated heterocycles. The normalized spacial score (nSPS) is 22.8. The third kappa shape index (κ3) is 4.12. The number of nitrogens with zero attached hydrogens (tertiary/aromatic N) is 2. The van der Waals surface area contributed by atoms with Crippen molar-refractivity contribution in [3.8, 4) is 0 Å². The molecular weight excluding hydrogens is 400 g/mol. The van der Waals surface area contributed by atoms with Gasteiger partial charge in [-0.1, -0.05) is 18.2 Å². The molecule has 3 atom stereocenters. The molecule has 0 radical (unpaired) electrons. The summed E-state index contributed by atoms with van der Waals surface area (Å²) in [6.45, 7) is 2.50. The first kappa shape index (κ1) is 22.5. The highest BCUT2D eigenvalue weighted by Gasteiger charge is 2.46. The van der Waals surface area contributed by atoms with Gasteiger partial charge < -0.3 is 15.1 Å². The average molecular weight is 426 g/mol. The number of hydrogen-bond acceptors (Lipinski definition) is 3. The summed E-state index contributed by atoms with van der Waals surface area (Å²) in [7, 11) is 3.93. The smallest absolute Gasteiger partial charge is 0.254 e. The molecule has 28 heavy (non-hydrogen) atoms. The molecule has 2 aromatic carbocycles. The molecule has 0 bridgehead atoms. The zero-order valence-electron chi connectivity index (χ0n) is 16.0. The van der Waals surface area contributed by atoms with Gasteiger partial charge in [-0.25, -0.2) is 4.39 Å². The minimum Gasteiger partial charge on any atom is -0.378 e. The second kappa shape index (κ2) is 9.12. The first-order valence-corrected chi connectivity index (χ1v) is 9.09. The van der Waals surface area contributed by atoms with Crippen LogP contribution in [-0.4, -0.2) is 44.5 Å². The van der Waals surface area contributed by atoms with Gasteiger partial charge in [-0.3, -0.25) is 4.79 Å². The summed E-state index contributed by atoms with van der Waals surface area (Å²) < 4.78 is 13.8. The Balaban J connectivity index is 0.00000140. The maximum absolute atomic E-state index is 13.8. The fraction of sp³-hybridized carbons (Fsp3) is 0.381. The van der Waals surface area contributed by atoms with Crippen molar-refractivity contribution in [1.82, 2.24) is 10.2 Å². The van der Waals surface area contributed by atoms with Crippen LogP contribution >= 0.6 is 24.8 Å². The summed E-state index contributed by atoms with van der Waals surface area (Å²) in [6.07, 6.45) is 0. The zero-order valence-corrected chi connectivity index (χ0v) is 17.6. The summed E-state index contributed by atoms with van der Waals surface area (Å²) in [5.74, 6) is 0.526. The van der Waals surface area contributed by atoms with Crippen LogP contribution in [0.15, 0.2) is 48.5 Å².